The summed E-state index contributed by atoms with van der Waals surface area (Å²) < 4.78 is 0. The van der Waals surface area contributed by atoms with E-state index >= 15 is 0 Å². The van der Waals surface area contributed by atoms with Gasteiger partial charge in [-0.1, -0.05) is 68.2 Å². The summed E-state index contributed by atoms with van der Waals surface area (Å²) in [5, 5.41) is 0.804. The molecule has 0 unspecified atom stereocenters. The summed E-state index contributed by atoms with van der Waals surface area (Å²) in [6, 6.07) is 7.92. The van der Waals surface area contributed by atoms with E-state index in [0.717, 1.165) is 11.1 Å². The molecule has 0 spiro atoms. The lowest BCUT2D eigenvalue weighted by Gasteiger charge is -2.18. The van der Waals surface area contributed by atoms with Crippen LogP contribution in [0.3, 0.4) is 0 Å². The first-order valence-electron chi connectivity index (χ1n) is 6.10. The van der Waals surface area contributed by atoms with Crippen LogP contribution in [0.2, 0.25) is 10.3 Å². The highest BCUT2D eigenvalue weighted by Crippen LogP contribution is 2.35. The summed E-state index contributed by atoms with van der Waals surface area (Å²) in [6.45, 7) is 8.10. The van der Waals surface area contributed by atoms with Gasteiger partial charge in [-0.2, -0.15) is 0 Å². The zero-order valence-corrected chi connectivity index (χ0v) is 13.0. The first-order chi connectivity index (χ1) is 8.80. The molecule has 0 bridgehead atoms. The zero-order valence-electron chi connectivity index (χ0n) is 11.5. The molecule has 0 saturated heterocycles. The Morgan fingerprint density at radius 1 is 0.947 bits per heavy atom. The van der Waals surface area contributed by atoms with E-state index in [0.29, 0.717) is 21.7 Å². The molecular weight excluding hydrogens is 279 g/mol. The number of aryl methyl sites for hydroxylation is 1. The van der Waals surface area contributed by atoms with Crippen LogP contribution in [0.1, 0.15) is 32.2 Å². The van der Waals surface area contributed by atoms with Crippen LogP contribution in [0.25, 0.3) is 11.1 Å². The molecular formula is C15H16Cl2N2. The van der Waals surface area contributed by atoms with Crippen molar-refractivity contribution in [2.24, 2.45) is 0 Å². The Labute approximate surface area is 123 Å². The fourth-order valence-electron chi connectivity index (χ4n) is 1.82. The maximum atomic E-state index is 6.31. The van der Waals surface area contributed by atoms with Gasteiger partial charge in [-0.3, -0.25) is 0 Å². The molecule has 4 heteroatoms. The van der Waals surface area contributed by atoms with Crippen LogP contribution in [0.5, 0.6) is 0 Å². The zero-order chi connectivity index (χ0) is 14.2. The Bertz CT molecular complexity index is 593. The van der Waals surface area contributed by atoms with E-state index in [1.807, 2.05) is 52.0 Å². The average molecular weight is 295 g/mol. The van der Waals surface area contributed by atoms with Gasteiger partial charge in [0.1, 0.15) is 16.1 Å². The first-order valence-corrected chi connectivity index (χ1v) is 6.86. The molecule has 0 fully saturated rings. The lowest BCUT2D eigenvalue weighted by molar-refractivity contribution is 0.545. The molecule has 100 valence electrons. The van der Waals surface area contributed by atoms with Gasteiger partial charge in [-0.15, -0.1) is 0 Å². The molecule has 0 aliphatic rings. The van der Waals surface area contributed by atoms with Crippen molar-refractivity contribution in [1.82, 2.24) is 9.97 Å². The molecule has 1 aromatic carbocycles. The van der Waals surface area contributed by atoms with Crippen molar-refractivity contribution in [3.8, 4) is 11.1 Å². The molecule has 0 aliphatic heterocycles. The van der Waals surface area contributed by atoms with Gasteiger partial charge >= 0.3 is 0 Å². The van der Waals surface area contributed by atoms with Gasteiger partial charge < -0.3 is 0 Å². The van der Waals surface area contributed by atoms with Crippen LogP contribution in [0.15, 0.2) is 24.3 Å². The maximum Gasteiger partial charge on any atom is 0.142 e. The van der Waals surface area contributed by atoms with E-state index in [1.165, 1.54) is 0 Å². The highest BCUT2D eigenvalue weighted by Gasteiger charge is 2.22. The lowest BCUT2D eigenvalue weighted by atomic mass is 9.95. The SMILES string of the molecule is Cc1ccccc1-c1c(Cl)nc(C(C)(C)C)nc1Cl. The van der Waals surface area contributed by atoms with Crippen molar-refractivity contribution in [3.05, 3.63) is 46.0 Å². The standard InChI is InChI=1S/C15H16Cl2N2/c1-9-7-5-6-8-10(9)11-12(16)18-14(15(2,3)4)19-13(11)17/h5-8H,1-4H3. The lowest BCUT2D eigenvalue weighted by Crippen LogP contribution is -2.16. The molecule has 2 aromatic rings. The minimum atomic E-state index is -0.183. The molecule has 0 radical (unpaired) electrons. The third kappa shape index (κ3) is 2.90. The summed E-state index contributed by atoms with van der Waals surface area (Å²) in [7, 11) is 0. The molecule has 2 nitrogen and oxygen atoms in total. The van der Waals surface area contributed by atoms with Crippen molar-refractivity contribution in [2.75, 3.05) is 0 Å². The summed E-state index contributed by atoms with van der Waals surface area (Å²) in [4.78, 5) is 8.79. The van der Waals surface area contributed by atoms with Gasteiger partial charge in [-0.25, -0.2) is 9.97 Å². The maximum absolute atomic E-state index is 6.31. The van der Waals surface area contributed by atoms with Gasteiger partial charge in [0.25, 0.3) is 0 Å². The molecule has 0 aliphatic carbocycles. The predicted octanol–water partition coefficient (Wildman–Crippen LogP) is 5.06. The Balaban J connectivity index is 2.65. The Hall–Kier alpha value is -1.12. The van der Waals surface area contributed by atoms with E-state index in [-0.39, 0.29) is 5.41 Å². The number of hydrogen-bond acceptors (Lipinski definition) is 2. The third-order valence-corrected chi connectivity index (χ3v) is 3.45. The van der Waals surface area contributed by atoms with Crippen molar-refractivity contribution < 1.29 is 0 Å². The van der Waals surface area contributed by atoms with E-state index in [9.17, 15) is 0 Å². The smallest absolute Gasteiger partial charge is 0.142 e. The molecule has 1 aromatic heterocycles. The van der Waals surface area contributed by atoms with E-state index in [1.54, 1.807) is 0 Å². The topological polar surface area (TPSA) is 25.8 Å². The Kier molecular flexibility index (Phi) is 3.84. The second kappa shape index (κ2) is 5.10. The van der Waals surface area contributed by atoms with Crippen molar-refractivity contribution in [1.29, 1.82) is 0 Å². The minimum absolute atomic E-state index is 0.183. The predicted molar refractivity (Wildman–Crippen MR) is 80.9 cm³/mol. The summed E-state index contributed by atoms with van der Waals surface area (Å²) >= 11 is 12.6. The molecule has 0 N–H and O–H groups in total. The highest BCUT2D eigenvalue weighted by molar-refractivity contribution is 6.37. The molecule has 2 rings (SSSR count). The molecule has 19 heavy (non-hydrogen) atoms. The van der Waals surface area contributed by atoms with Gasteiger partial charge in [0.15, 0.2) is 0 Å². The van der Waals surface area contributed by atoms with Gasteiger partial charge in [-0.05, 0) is 18.1 Å². The van der Waals surface area contributed by atoms with Gasteiger partial charge in [0.05, 0.1) is 5.56 Å². The first kappa shape index (κ1) is 14.3. The van der Waals surface area contributed by atoms with E-state index < -0.39 is 0 Å². The summed E-state index contributed by atoms with van der Waals surface area (Å²) in [6.07, 6.45) is 0. The number of rotatable bonds is 1. The normalized spacial score (nSPS) is 11.7. The highest BCUT2D eigenvalue weighted by atomic mass is 35.5. The third-order valence-electron chi connectivity index (χ3n) is 2.91. The molecule has 0 atom stereocenters. The molecule has 0 amide bonds. The fourth-order valence-corrected chi connectivity index (χ4v) is 2.41. The largest absolute Gasteiger partial charge is 0.220 e. The van der Waals surface area contributed by atoms with Crippen molar-refractivity contribution >= 4 is 23.2 Å². The van der Waals surface area contributed by atoms with Crippen LogP contribution >= 0.6 is 23.2 Å². The van der Waals surface area contributed by atoms with E-state index in [4.69, 9.17) is 23.2 Å². The van der Waals surface area contributed by atoms with Crippen molar-refractivity contribution in [2.45, 2.75) is 33.1 Å². The number of aromatic nitrogens is 2. The number of nitrogens with zero attached hydrogens (tertiary/aromatic N) is 2. The van der Waals surface area contributed by atoms with Crippen LogP contribution in [0, 0.1) is 6.92 Å². The summed E-state index contributed by atoms with van der Waals surface area (Å²) in [5.74, 6) is 0.653. The van der Waals surface area contributed by atoms with E-state index in [2.05, 4.69) is 9.97 Å². The Morgan fingerprint density at radius 3 is 1.95 bits per heavy atom. The van der Waals surface area contributed by atoms with Gasteiger partial charge in [0, 0.05) is 5.41 Å². The minimum Gasteiger partial charge on any atom is -0.220 e. The molecule has 0 saturated carbocycles. The van der Waals surface area contributed by atoms with Crippen LogP contribution in [-0.2, 0) is 5.41 Å². The van der Waals surface area contributed by atoms with Crippen molar-refractivity contribution in [3.63, 3.8) is 0 Å². The average Bonchev–Trinajstić information content (AvgIpc) is 2.29. The number of benzene rings is 1. The molecule has 1 heterocycles. The fraction of sp³-hybridized carbons (Fsp3) is 0.333. The van der Waals surface area contributed by atoms with Crippen LogP contribution < -0.4 is 0 Å². The second-order valence-corrected chi connectivity index (χ2v) is 6.28. The monoisotopic (exact) mass is 294 g/mol. The second-order valence-electron chi connectivity index (χ2n) is 5.57. The summed E-state index contributed by atoms with van der Waals surface area (Å²) in [5.41, 5.74) is 2.59. The number of halogens is 2. The van der Waals surface area contributed by atoms with Gasteiger partial charge in [0.2, 0.25) is 0 Å². The Morgan fingerprint density at radius 2 is 1.47 bits per heavy atom. The van der Waals surface area contributed by atoms with Crippen LogP contribution in [-0.4, -0.2) is 9.97 Å². The quantitative estimate of drug-likeness (QED) is 0.687. The number of hydrogen-bond donors (Lipinski definition) is 0. The van der Waals surface area contributed by atoms with Crippen LogP contribution in [0.4, 0.5) is 0 Å².